The van der Waals surface area contributed by atoms with Gasteiger partial charge in [0.1, 0.15) is 5.75 Å². The van der Waals surface area contributed by atoms with E-state index < -0.39 is 0 Å². The van der Waals surface area contributed by atoms with Crippen LogP contribution in [0.5, 0.6) is 5.75 Å². The fourth-order valence-electron chi connectivity index (χ4n) is 2.73. The summed E-state index contributed by atoms with van der Waals surface area (Å²) >= 11 is 3.44. The standard InChI is InChI=1S/C20H23BrN2O3/c1-14(24)22-18(15-7-5-4-6-8-15)12-20(25)23(2)13-16-11-17(21)9-10-19(16)26-3/h4-11,18H,12-13H2,1-3H3,(H,22,24)/t18-/m0/s1. The molecule has 0 aliphatic carbocycles. The van der Waals surface area contributed by atoms with Gasteiger partial charge in [0.2, 0.25) is 11.8 Å². The molecule has 6 heteroatoms. The van der Waals surface area contributed by atoms with Crippen molar-refractivity contribution in [3.05, 3.63) is 64.1 Å². The first-order valence-electron chi connectivity index (χ1n) is 8.29. The second-order valence-corrected chi connectivity index (χ2v) is 6.99. The Morgan fingerprint density at radius 3 is 2.50 bits per heavy atom. The second-order valence-electron chi connectivity index (χ2n) is 6.07. The van der Waals surface area contributed by atoms with E-state index in [1.807, 2.05) is 48.5 Å². The summed E-state index contributed by atoms with van der Waals surface area (Å²) in [5, 5.41) is 2.86. The van der Waals surface area contributed by atoms with Crippen molar-refractivity contribution in [2.75, 3.05) is 14.2 Å². The summed E-state index contributed by atoms with van der Waals surface area (Å²) in [6, 6.07) is 14.8. The largest absolute Gasteiger partial charge is 0.496 e. The number of halogens is 1. The number of rotatable bonds is 7. The molecule has 26 heavy (non-hydrogen) atoms. The molecule has 0 aliphatic rings. The molecule has 1 atom stereocenters. The fourth-order valence-corrected chi connectivity index (χ4v) is 3.14. The van der Waals surface area contributed by atoms with E-state index in [4.69, 9.17) is 4.74 Å². The highest BCUT2D eigenvalue weighted by Crippen LogP contribution is 2.25. The molecule has 0 saturated heterocycles. The number of ether oxygens (including phenoxy) is 1. The normalized spacial score (nSPS) is 11.5. The third-order valence-electron chi connectivity index (χ3n) is 4.03. The Bertz CT molecular complexity index is 765. The zero-order valence-corrected chi connectivity index (χ0v) is 16.7. The van der Waals surface area contributed by atoms with E-state index in [1.54, 1.807) is 19.1 Å². The first-order valence-corrected chi connectivity index (χ1v) is 9.08. The van der Waals surface area contributed by atoms with Gasteiger partial charge in [0.05, 0.1) is 19.6 Å². The van der Waals surface area contributed by atoms with Gasteiger partial charge < -0.3 is 15.0 Å². The van der Waals surface area contributed by atoms with Crippen molar-refractivity contribution in [1.29, 1.82) is 0 Å². The Hall–Kier alpha value is -2.34. The number of hydrogen-bond donors (Lipinski definition) is 1. The van der Waals surface area contributed by atoms with E-state index in [9.17, 15) is 9.59 Å². The maximum Gasteiger partial charge on any atom is 0.225 e. The molecule has 1 N–H and O–H groups in total. The van der Waals surface area contributed by atoms with Gasteiger partial charge in [0.15, 0.2) is 0 Å². The Kier molecular flexibility index (Phi) is 7.21. The Morgan fingerprint density at radius 1 is 1.19 bits per heavy atom. The lowest BCUT2D eigenvalue weighted by atomic mass is 10.0. The van der Waals surface area contributed by atoms with E-state index in [0.29, 0.717) is 6.54 Å². The number of carbonyl (C=O) groups is 2. The fraction of sp³-hybridized carbons (Fsp3) is 0.300. The predicted molar refractivity (Wildman–Crippen MR) is 105 cm³/mol. The van der Waals surface area contributed by atoms with Gasteiger partial charge in [0, 0.05) is 30.6 Å². The van der Waals surface area contributed by atoms with Gasteiger partial charge >= 0.3 is 0 Å². The van der Waals surface area contributed by atoms with Crippen LogP contribution in [0.3, 0.4) is 0 Å². The quantitative estimate of drug-likeness (QED) is 0.745. The highest BCUT2D eigenvalue weighted by atomic mass is 79.9. The lowest BCUT2D eigenvalue weighted by molar-refractivity contribution is -0.131. The van der Waals surface area contributed by atoms with Gasteiger partial charge in [-0.2, -0.15) is 0 Å². The summed E-state index contributed by atoms with van der Waals surface area (Å²) < 4.78 is 6.29. The van der Waals surface area contributed by atoms with Crippen LogP contribution in [-0.4, -0.2) is 30.9 Å². The van der Waals surface area contributed by atoms with Crippen LogP contribution in [-0.2, 0) is 16.1 Å². The first-order chi connectivity index (χ1) is 12.4. The minimum absolute atomic E-state index is 0.0605. The number of benzene rings is 2. The molecule has 0 fully saturated rings. The van der Waals surface area contributed by atoms with E-state index in [2.05, 4.69) is 21.2 Å². The van der Waals surface area contributed by atoms with Crippen LogP contribution in [0.2, 0.25) is 0 Å². The molecule has 0 saturated carbocycles. The lowest BCUT2D eigenvalue weighted by Crippen LogP contribution is -2.33. The Labute approximate surface area is 162 Å². The van der Waals surface area contributed by atoms with Crippen molar-refractivity contribution < 1.29 is 14.3 Å². The molecule has 0 heterocycles. The monoisotopic (exact) mass is 418 g/mol. The molecule has 2 aromatic carbocycles. The van der Waals surface area contributed by atoms with Crippen molar-refractivity contribution in [2.45, 2.75) is 25.9 Å². The van der Waals surface area contributed by atoms with Gasteiger partial charge in [-0.15, -0.1) is 0 Å². The maximum absolute atomic E-state index is 12.7. The Balaban J connectivity index is 2.11. The predicted octanol–water partition coefficient (Wildman–Crippen LogP) is 3.68. The number of nitrogens with zero attached hydrogens (tertiary/aromatic N) is 1. The van der Waals surface area contributed by atoms with Crippen LogP contribution in [0.25, 0.3) is 0 Å². The van der Waals surface area contributed by atoms with Gasteiger partial charge in [-0.05, 0) is 23.8 Å². The van der Waals surface area contributed by atoms with Gasteiger partial charge in [-0.1, -0.05) is 46.3 Å². The summed E-state index contributed by atoms with van der Waals surface area (Å²) in [7, 11) is 3.36. The highest BCUT2D eigenvalue weighted by Gasteiger charge is 2.20. The van der Waals surface area contributed by atoms with Crippen LogP contribution >= 0.6 is 15.9 Å². The molecule has 2 aromatic rings. The minimum Gasteiger partial charge on any atom is -0.496 e. The summed E-state index contributed by atoms with van der Waals surface area (Å²) in [5.41, 5.74) is 1.82. The third kappa shape index (κ3) is 5.59. The molecule has 0 aliphatic heterocycles. The second kappa shape index (κ2) is 9.38. The summed E-state index contributed by atoms with van der Waals surface area (Å²) in [4.78, 5) is 25.9. The molecule has 0 unspecified atom stereocenters. The van der Waals surface area contributed by atoms with E-state index >= 15 is 0 Å². The first kappa shape index (κ1) is 20.0. The van der Waals surface area contributed by atoms with E-state index in [-0.39, 0.29) is 24.3 Å². The molecule has 0 bridgehead atoms. The van der Waals surface area contributed by atoms with Crippen LogP contribution in [0.1, 0.15) is 30.5 Å². The molecular weight excluding hydrogens is 396 g/mol. The SMILES string of the molecule is COc1ccc(Br)cc1CN(C)C(=O)C[C@H](NC(C)=O)c1ccccc1. The van der Waals surface area contributed by atoms with Gasteiger partial charge in [-0.3, -0.25) is 9.59 Å². The van der Waals surface area contributed by atoms with Crippen LogP contribution in [0.4, 0.5) is 0 Å². The zero-order chi connectivity index (χ0) is 19.1. The van der Waals surface area contributed by atoms with Crippen molar-refractivity contribution in [1.82, 2.24) is 10.2 Å². The van der Waals surface area contributed by atoms with Crippen molar-refractivity contribution in [3.8, 4) is 5.75 Å². The van der Waals surface area contributed by atoms with Crippen molar-refractivity contribution >= 4 is 27.7 Å². The van der Waals surface area contributed by atoms with Crippen molar-refractivity contribution in [2.24, 2.45) is 0 Å². The smallest absolute Gasteiger partial charge is 0.225 e. The average molecular weight is 419 g/mol. The summed E-state index contributed by atoms with van der Waals surface area (Å²) in [5.74, 6) is 0.506. The zero-order valence-electron chi connectivity index (χ0n) is 15.2. The molecule has 2 rings (SSSR count). The third-order valence-corrected chi connectivity index (χ3v) is 4.53. The highest BCUT2D eigenvalue weighted by molar-refractivity contribution is 9.10. The van der Waals surface area contributed by atoms with E-state index in [0.717, 1.165) is 21.3 Å². The molecule has 0 aromatic heterocycles. The summed E-state index contributed by atoms with van der Waals surface area (Å²) in [6.07, 6.45) is 0.191. The number of carbonyl (C=O) groups excluding carboxylic acids is 2. The maximum atomic E-state index is 12.7. The molecule has 138 valence electrons. The molecule has 0 radical (unpaired) electrons. The number of nitrogens with one attached hydrogen (secondary N) is 1. The van der Waals surface area contributed by atoms with Crippen LogP contribution in [0, 0.1) is 0 Å². The Morgan fingerprint density at radius 2 is 1.88 bits per heavy atom. The molecular formula is C20H23BrN2O3. The molecule has 2 amide bonds. The topological polar surface area (TPSA) is 58.6 Å². The van der Waals surface area contributed by atoms with Gasteiger partial charge in [-0.25, -0.2) is 0 Å². The number of amides is 2. The molecule has 5 nitrogen and oxygen atoms in total. The van der Waals surface area contributed by atoms with Crippen LogP contribution < -0.4 is 10.1 Å². The average Bonchev–Trinajstić information content (AvgIpc) is 2.61. The minimum atomic E-state index is -0.354. The molecule has 0 spiro atoms. The number of methoxy groups -OCH3 is 1. The van der Waals surface area contributed by atoms with Gasteiger partial charge in [0.25, 0.3) is 0 Å². The lowest BCUT2D eigenvalue weighted by Gasteiger charge is -2.23. The van der Waals surface area contributed by atoms with Crippen molar-refractivity contribution in [3.63, 3.8) is 0 Å². The number of hydrogen-bond acceptors (Lipinski definition) is 3. The summed E-state index contributed by atoms with van der Waals surface area (Å²) in [6.45, 7) is 1.87. The van der Waals surface area contributed by atoms with E-state index in [1.165, 1.54) is 6.92 Å². The van der Waals surface area contributed by atoms with Crippen LogP contribution in [0.15, 0.2) is 53.0 Å².